The van der Waals surface area contributed by atoms with Crippen molar-refractivity contribution in [1.29, 1.82) is 0 Å². The van der Waals surface area contributed by atoms with Gasteiger partial charge in [0.15, 0.2) is 7.28 Å². The molecule has 4 nitrogen and oxygen atoms in total. The second-order valence-electron chi connectivity index (χ2n) is 39.2. The van der Waals surface area contributed by atoms with Crippen molar-refractivity contribution < 1.29 is 0 Å². The third-order valence-corrected chi connectivity index (χ3v) is 24.0. The van der Waals surface area contributed by atoms with E-state index in [4.69, 9.17) is 0 Å². The predicted molar refractivity (Wildman–Crippen MR) is 438 cm³/mol. The average Bonchev–Trinajstić information content (AvgIpc) is 1.44. The molecule has 3 aliphatic heterocycles. The van der Waals surface area contributed by atoms with Gasteiger partial charge in [-0.25, -0.2) is 0 Å². The average molecular weight is 1310 g/mol. The number of hydrogen-bond acceptors (Lipinski definition) is 0. The van der Waals surface area contributed by atoms with Crippen molar-refractivity contribution in [2.45, 2.75) is 223 Å². The van der Waals surface area contributed by atoms with Crippen LogP contribution in [0.3, 0.4) is 0 Å². The molecule has 0 fully saturated rings. The van der Waals surface area contributed by atoms with Crippen LogP contribution in [0.4, 0.5) is 0 Å². The fraction of sp³-hybridized carbons (Fsp3) is 0.362. The summed E-state index contributed by atoms with van der Waals surface area (Å²) in [6.07, 6.45) is 0. The van der Waals surface area contributed by atoms with E-state index in [9.17, 15) is 0 Å². The lowest BCUT2D eigenvalue weighted by atomic mass is 9.44. The Morgan fingerprint density at radius 1 is 0.320 bits per heavy atom. The summed E-state index contributed by atoms with van der Waals surface area (Å²) in [5, 5.41) is 10.5. The van der Waals surface area contributed by atoms with Crippen molar-refractivity contribution in [3.05, 3.63) is 189 Å². The van der Waals surface area contributed by atoms with Crippen molar-refractivity contribution in [2.75, 3.05) is 0 Å². The van der Waals surface area contributed by atoms with Gasteiger partial charge in [-0.3, -0.25) is 0 Å². The summed E-state index contributed by atoms with van der Waals surface area (Å²) in [5.74, 6) is 0. The first-order chi connectivity index (χ1) is 46.5. The summed E-state index contributed by atoms with van der Waals surface area (Å²) in [5.41, 5.74) is 38.3. The molecule has 4 aromatic heterocycles. The van der Waals surface area contributed by atoms with E-state index >= 15 is 0 Å². The molecule has 0 amide bonds. The van der Waals surface area contributed by atoms with Crippen LogP contribution in [-0.2, 0) is 43.3 Å². The van der Waals surface area contributed by atoms with Crippen LogP contribution in [0.1, 0.15) is 222 Å². The van der Waals surface area contributed by atoms with Crippen molar-refractivity contribution >= 4 is 123 Å². The molecular formula is C94H101B2N4. The first-order valence-electron chi connectivity index (χ1n) is 37.2. The van der Waals surface area contributed by atoms with Gasteiger partial charge in [-0.1, -0.05) is 208 Å². The molecule has 503 valence electrons. The summed E-state index contributed by atoms with van der Waals surface area (Å²) in [6.45, 7) is 62.0. The molecule has 6 heteroatoms. The Labute approximate surface area is 595 Å². The quantitative estimate of drug-likeness (QED) is 0.167. The SMILES string of the molecule is Cc1c(-c2cc3c4c(c2C)-c2cc(C(C)(C)C)cc5c6cc(C(C)(C)C)ccc6n(c25)B4c2cc(C(C)(C)C)cc4c5cc(C(C)(C)C)ccc5n-3c24)cc2c(c1-c1cc(C(C)(C)C)cc3c1[nH]c1ccc(C(C)(C)C)cc13)[B]c1cc(C(C)(C)C)cc3c4cc(C(C)(C)C)ccc4n-2c13. The van der Waals surface area contributed by atoms with E-state index in [0.29, 0.717) is 0 Å². The maximum atomic E-state index is 4.19. The van der Waals surface area contributed by atoms with Crippen LogP contribution >= 0.6 is 0 Å². The number of aromatic nitrogens is 4. The van der Waals surface area contributed by atoms with Crippen molar-refractivity contribution in [3.8, 4) is 44.8 Å². The van der Waals surface area contributed by atoms with Crippen molar-refractivity contribution in [3.63, 3.8) is 0 Å². The number of nitrogens with zero attached hydrogens (tertiary/aromatic N) is 3. The van der Waals surface area contributed by atoms with Crippen LogP contribution in [0.5, 0.6) is 0 Å². The van der Waals surface area contributed by atoms with E-state index in [-0.39, 0.29) is 50.2 Å². The van der Waals surface area contributed by atoms with E-state index < -0.39 is 0 Å². The summed E-state index contributed by atoms with van der Waals surface area (Å²) < 4.78 is 8.25. The molecule has 0 saturated carbocycles. The molecule has 0 bridgehead atoms. The Bertz CT molecular complexity index is 6000. The fourth-order valence-electron chi connectivity index (χ4n) is 17.8. The number of H-pyrrole nitrogens is 1. The Hall–Kier alpha value is -8.47. The predicted octanol–water partition coefficient (Wildman–Crippen LogP) is 22.9. The topological polar surface area (TPSA) is 30.6 Å². The molecule has 7 heterocycles. The highest BCUT2D eigenvalue weighted by atomic mass is 15.0. The molecule has 1 radical (unpaired) electrons. The van der Waals surface area contributed by atoms with E-state index in [1.165, 1.54) is 209 Å². The minimum absolute atomic E-state index is 0.0250. The van der Waals surface area contributed by atoms with Gasteiger partial charge in [0.1, 0.15) is 0 Å². The third-order valence-electron chi connectivity index (χ3n) is 24.0. The smallest absolute Gasteiger partial charge is 0.333 e. The lowest BCUT2D eigenvalue weighted by molar-refractivity contribution is 0.590. The minimum atomic E-state index is -0.161. The third kappa shape index (κ3) is 9.24. The lowest BCUT2D eigenvalue weighted by Gasteiger charge is -2.37. The number of hydrogen-bond donors (Lipinski definition) is 1. The Balaban J connectivity index is 1.09. The molecule has 0 atom stereocenters. The first-order valence-corrected chi connectivity index (χ1v) is 37.2. The zero-order chi connectivity index (χ0) is 71.2. The molecule has 14 aromatic rings. The van der Waals surface area contributed by atoms with Gasteiger partial charge in [0.2, 0.25) is 0 Å². The van der Waals surface area contributed by atoms with Crippen molar-refractivity contribution in [2.24, 2.45) is 0 Å². The molecular weight excluding hydrogens is 1210 g/mol. The van der Waals surface area contributed by atoms with Crippen LogP contribution < -0.4 is 21.9 Å². The largest absolute Gasteiger partial charge is 0.375 e. The Kier molecular flexibility index (Phi) is 13.1. The zero-order valence-corrected chi connectivity index (χ0v) is 64.7. The standard InChI is InChI=1S/C94H101B2N4/c1-49-59(47-77-81(79(49)69-43-55(91(15,16)17)39-65-61-35-51(87(3,4)5)27-31-73(61)97-83(65)69)95-71-45-57(93(21,22)23)41-67-62-36-52(88(6,7)8)28-32-74(62)98(77)85(67)71)60-48-78-82-80(50(60)2)70-44-56(92(18,19)20)40-66-64-38-54(90(12,13)14)30-34-76(64)100(84(66)70)96(82)72-46-58(94(24,25)26)42-68-63-37-53(89(9,10)11)29-33-75(63)99(78)86(68)72/h27-48,97H,1-26H3. The van der Waals surface area contributed by atoms with Gasteiger partial charge >= 0.3 is 6.85 Å². The molecule has 17 rings (SSSR count). The Morgan fingerprint density at radius 2 is 0.710 bits per heavy atom. The number of benzene rings is 10. The maximum absolute atomic E-state index is 4.19. The van der Waals surface area contributed by atoms with Gasteiger partial charge in [0.05, 0.1) is 22.1 Å². The molecule has 10 aromatic carbocycles. The minimum Gasteiger partial charge on any atom is -0.375 e. The highest BCUT2D eigenvalue weighted by Crippen LogP contribution is 2.52. The highest BCUT2D eigenvalue weighted by molar-refractivity contribution is 6.90. The first kappa shape index (κ1) is 64.9. The highest BCUT2D eigenvalue weighted by Gasteiger charge is 2.45. The van der Waals surface area contributed by atoms with Crippen LogP contribution in [0.2, 0.25) is 0 Å². The summed E-state index contributed by atoms with van der Waals surface area (Å²) in [6, 6.07) is 55.4. The van der Waals surface area contributed by atoms with E-state index in [1.54, 1.807) is 0 Å². The van der Waals surface area contributed by atoms with Gasteiger partial charge in [-0.15, -0.1) is 0 Å². The number of aromatic amines is 1. The number of nitrogens with one attached hydrogen (secondary N) is 1. The monoisotopic (exact) mass is 1310 g/mol. The van der Waals surface area contributed by atoms with Crippen LogP contribution in [0.25, 0.3) is 132 Å². The second-order valence-corrected chi connectivity index (χ2v) is 39.2. The molecule has 100 heavy (non-hydrogen) atoms. The molecule has 0 spiro atoms. The molecule has 0 aliphatic carbocycles. The van der Waals surface area contributed by atoms with Gasteiger partial charge in [-0.05, 0) is 249 Å². The molecule has 0 unspecified atom stereocenters. The molecule has 0 saturated heterocycles. The van der Waals surface area contributed by atoms with Gasteiger partial charge in [0, 0.05) is 87.7 Å². The van der Waals surface area contributed by atoms with E-state index in [2.05, 4.69) is 339 Å². The lowest BCUT2D eigenvalue weighted by Crippen LogP contribution is -2.55. The molecule has 1 N–H and O–H groups in total. The van der Waals surface area contributed by atoms with Gasteiger partial charge < -0.3 is 18.6 Å². The summed E-state index contributed by atoms with van der Waals surface area (Å²) >= 11 is 0. The Morgan fingerprint density at radius 3 is 1.23 bits per heavy atom. The van der Waals surface area contributed by atoms with E-state index in [0.717, 1.165) is 0 Å². The summed E-state index contributed by atoms with van der Waals surface area (Å²) in [4.78, 5) is 4.19. The fourth-order valence-corrected chi connectivity index (χ4v) is 17.8. The van der Waals surface area contributed by atoms with Gasteiger partial charge in [0.25, 0.3) is 0 Å². The summed E-state index contributed by atoms with van der Waals surface area (Å²) in [7, 11) is 2.60. The van der Waals surface area contributed by atoms with Crippen LogP contribution in [0, 0.1) is 13.8 Å². The van der Waals surface area contributed by atoms with Crippen LogP contribution in [0.15, 0.2) is 133 Å². The second kappa shape index (κ2) is 20.2. The zero-order valence-electron chi connectivity index (χ0n) is 64.7. The van der Waals surface area contributed by atoms with Crippen LogP contribution in [-0.4, -0.2) is 32.7 Å². The van der Waals surface area contributed by atoms with Gasteiger partial charge in [-0.2, -0.15) is 0 Å². The van der Waals surface area contributed by atoms with Crippen molar-refractivity contribution in [1.82, 2.24) is 18.6 Å². The number of rotatable bonds is 2. The normalized spacial score (nSPS) is 14.4. The maximum Gasteiger partial charge on any atom is 0.333 e. The number of fused-ring (bicyclic) bond motifs is 18. The van der Waals surface area contributed by atoms with E-state index in [1.807, 2.05) is 0 Å². The molecule has 3 aliphatic rings.